The van der Waals surface area contributed by atoms with Crippen molar-refractivity contribution in [3.05, 3.63) is 51.4 Å². The molecule has 0 fully saturated rings. The summed E-state index contributed by atoms with van der Waals surface area (Å²) in [6, 6.07) is 7.83. The summed E-state index contributed by atoms with van der Waals surface area (Å²) in [6.07, 6.45) is 0.685. The van der Waals surface area contributed by atoms with E-state index in [1.165, 1.54) is 0 Å². The Morgan fingerprint density at radius 2 is 2.35 bits per heavy atom. The highest BCUT2D eigenvalue weighted by atomic mass is 16.5. The standard InChI is InChI=1S/C15H16N2O3/c1-19-8-10-3-2-4-11(7-10)14-16-13-5-6-20-9-12(13)15(18)17-14/h2-4,7H,5-6,8-9H2,1H3,(H,16,17,18). The Hall–Kier alpha value is -1.98. The number of fused-ring (bicyclic) bond motifs is 1. The van der Waals surface area contributed by atoms with Gasteiger partial charge in [-0.3, -0.25) is 4.79 Å². The molecule has 3 rings (SSSR count). The van der Waals surface area contributed by atoms with E-state index in [0.29, 0.717) is 37.6 Å². The Bertz CT molecular complexity index is 679. The molecule has 1 aliphatic rings. The summed E-state index contributed by atoms with van der Waals surface area (Å²) in [5, 5.41) is 0. The van der Waals surface area contributed by atoms with E-state index in [9.17, 15) is 4.79 Å². The highest BCUT2D eigenvalue weighted by Crippen LogP contribution is 2.19. The van der Waals surface area contributed by atoms with Gasteiger partial charge in [0.05, 0.1) is 31.1 Å². The van der Waals surface area contributed by atoms with Gasteiger partial charge in [-0.2, -0.15) is 0 Å². The first-order valence-electron chi connectivity index (χ1n) is 6.56. The van der Waals surface area contributed by atoms with Crippen molar-refractivity contribution in [2.24, 2.45) is 0 Å². The monoisotopic (exact) mass is 272 g/mol. The molecule has 1 aliphatic heterocycles. The summed E-state index contributed by atoms with van der Waals surface area (Å²) in [4.78, 5) is 19.5. The summed E-state index contributed by atoms with van der Waals surface area (Å²) in [5.74, 6) is 0.605. The summed E-state index contributed by atoms with van der Waals surface area (Å²) in [5.41, 5.74) is 3.32. The van der Waals surface area contributed by atoms with Gasteiger partial charge in [0.2, 0.25) is 0 Å². The number of nitrogens with one attached hydrogen (secondary N) is 1. The molecule has 0 atom stereocenters. The van der Waals surface area contributed by atoms with Gasteiger partial charge in [-0.25, -0.2) is 4.98 Å². The van der Waals surface area contributed by atoms with Crippen molar-refractivity contribution in [2.45, 2.75) is 19.6 Å². The number of ether oxygens (including phenoxy) is 2. The largest absolute Gasteiger partial charge is 0.380 e. The molecule has 0 amide bonds. The Labute approximate surface area is 116 Å². The second-order valence-electron chi connectivity index (χ2n) is 4.78. The van der Waals surface area contributed by atoms with Crippen LogP contribution in [-0.4, -0.2) is 23.7 Å². The first-order valence-corrected chi connectivity index (χ1v) is 6.56. The summed E-state index contributed by atoms with van der Waals surface area (Å²) < 4.78 is 10.4. The van der Waals surface area contributed by atoms with Gasteiger partial charge in [0.1, 0.15) is 5.82 Å². The Balaban J connectivity index is 2.04. The molecule has 0 radical (unpaired) electrons. The van der Waals surface area contributed by atoms with Crippen LogP contribution < -0.4 is 5.56 Å². The highest BCUT2D eigenvalue weighted by molar-refractivity contribution is 5.56. The first-order chi connectivity index (χ1) is 9.78. The van der Waals surface area contributed by atoms with Gasteiger partial charge in [0.25, 0.3) is 5.56 Å². The summed E-state index contributed by atoms with van der Waals surface area (Å²) in [6.45, 7) is 1.51. The quantitative estimate of drug-likeness (QED) is 0.923. The number of nitrogens with zero attached hydrogens (tertiary/aromatic N) is 1. The maximum Gasteiger partial charge on any atom is 0.256 e. The number of methoxy groups -OCH3 is 1. The van der Waals surface area contributed by atoms with Gasteiger partial charge in [-0.05, 0) is 11.6 Å². The minimum absolute atomic E-state index is 0.109. The summed E-state index contributed by atoms with van der Waals surface area (Å²) >= 11 is 0. The van der Waals surface area contributed by atoms with Crippen LogP contribution in [0.2, 0.25) is 0 Å². The number of benzene rings is 1. The van der Waals surface area contributed by atoms with Crippen LogP contribution in [0.15, 0.2) is 29.1 Å². The number of hydrogen-bond donors (Lipinski definition) is 1. The molecule has 0 unspecified atom stereocenters. The lowest BCUT2D eigenvalue weighted by atomic mass is 10.1. The number of rotatable bonds is 3. The van der Waals surface area contributed by atoms with Gasteiger partial charge < -0.3 is 14.5 Å². The van der Waals surface area contributed by atoms with Gasteiger partial charge in [0.15, 0.2) is 0 Å². The van der Waals surface area contributed by atoms with E-state index in [1.54, 1.807) is 7.11 Å². The van der Waals surface area contributed by atoms with Crippen LogP contribution in [0, 0.1) is 0 Å². The Kier molecular flexibility index (Phi) is 3.62. The number of H-pyrrole nitrogens is 1. The minimum atomic E-state index is -0.109. The van der Waals surface area contributed by atoms with Crippen LogP contribution >= 0.6 is 0 Å². The van der Waals surface area contributed by atoms with Gasteiger partial charge in [0, 0.05) is 19.1 Å². The van der Waals surface area contributed by atoms with E-state index in [-0.39, 0.29) is 5.56 Å². The SMILES string of the molecule is COCc1cccc(-c2nc3c(c(=O)[nH]2)COCC3)c1. The molecule has 1 aromatic carbocycles. The first kappa shape index (κ1) is 13.0. The molecule has 5 nitrogen and oxygen atoms in total. The van der Waals surface area contributed by atoms with E-state index >= 15 is 0 Å². The fourth-order valence-corrected chi connectivity index (χ4v) is 2.35. The lowest BCUT2D eigenvalue weighted by Gasteiger charge is -2.15. The Morgan fingerprint density at radius 3 is 3.20 bits per heavy atom. The van der Waals surface area contributed by atoms with E-state index < -0.39 is 0 Å². The minimum Gasteiger partial charge on any atom is -0.380 e. The molecule has 1 aromatic heterocycles. The van der Waals surface area contributed by atoms with Gasteiger partial charge >= 0.3 is 0 Å². The van der Waals surface area contributed by atoms with Crippen molar-refractivity contribution >= 4 is 0 Å². The molecule has 2 heterocycles. The molecule has 0 spiro atoms. The van der Waals surface area contributed by atoms with E-state index in [2.05, 4.69) is 9.97 Å². The zero-order valence-corrected chi connectivity index (χ0v) is 11.3. The highest BCUT2D eigenvalue weighted by Gasteiger charge is 2.16. The second-order valence-corrected chi connectivity index (χ2v) is 4.78. The molecule has 0 saturated carbocycles. The fourth-order valence-electron chi connectivity index (χ4n) is 2.35. The number of aromatic amines is 1. The van der Waals surface area contributed by atoms with Crippen LogP contribution in [0.4, 0.5) is 0 Å². The molecule has 20 heavy (non-hydrogen) atoms. The van der Waals surface area contributed by atoms with Gasteiger partial charge in [-0.1, -0.05) is 18.2 Å². The van der Waals surface area contributed by atoms with Crippen LogP contribution in [0.1, 0.15) is 16.8 Å². The molecule has 0 saturated heterocycles. The van der Waals surface area contributed by atoms with Crippen molar-refractivity contribution < 1.29 is 9.47 Å². The predicted molar refractivity (Wildman–Crippen MR) is 74.4 cm³/mol. The molecule has 0 bridgehead atoms. The van der Waals surface area contributed by atoms with Crippen molar-refractivity contribution in [3.63, 3.8) is 0 Å². The lowest BCUT2D eigenvalue weighted by Crippen LogP contribution is -2.24. The zero-order valence-electron chi connectivity index (χ0n) is 11.3. The molecule has 0 aliphatic carbocycles. The smallest absolute Gasteiger partial charge is 0.256 e. The third-order valence-corrected chi connectivity index (χ3v) is 3.34. The maximum absolute atomic E-state index is 12.1. The topological polar surface area (TPSA) is 64.2 Å². The van der Waals surface area contributed by atoms with Crippen molar-refractivity contribution in [1.29, 1.82) is 0 Å². The molecule has 2 aromatic rings. The number of hydrogen-bond acceptors (Lipinski definition) is 4. The average Bonchev–Trinajstić information content (AvgIpc) is 2.48. The van der Waals surface area contributed by atoms with Crippen LogP contribution in [-0.2, 0) is 29.1 Å². The third-order valence-electron chi connectivity index (χ3n) is 3.34. The molecular weight excluding hydrogens is 256 g/mol. The molecule has 104 valence electrons. The summed E-state index contributed by atoms with van der Waals surface area (Å²) in [7, 11) is 1.66. The average molecular weight is 272 g/mol. The van der Waals surface area contributed by atoms with E-state index in [4.69, 9.17) is 9.47 Å². The molecule has 1 N–H and O–H groups in total. The van der Waals surface area contributed by atoms with Gasteiger partial charge in [-0.15, -0.1) is 0 Å². The normalized spacial score (nSPS) is 14.1. The van der Waals surface area contributed by atoms with Crippen LogP contribution in [0.5, 0.6) is 0 Å². The Morgan fingerprint density at radius 1 is 1.45 bits per heavy atom. The zero-order chi connectivity index (χ0) is 13.9. The third kappa shape index (κ3) is 2.50. The van der Waals surface area contributed by atoms with Crippen molar-refractivity contribution in [1.82, 2.24) is 9.97 Å². The fraction of sp³-hybridized carbons (Fsp3) is 0.333. The molecule has 5 heteroatoms. The van der Waals surface area contributed by atoms with Crippen LogP contribution in [0.25, 0.3) is 11.4 Å². The molecular formula is C15H16N2O3. The second kappa shape index (κ2) is 5.56. The number of aromatic nitrogens is 2. The van der Waals surface area contributed by atoms with E-state index in [0.717, 1.165) is 16.8 Å². The predicted octanol–water partition coefficient (Wildman–Crippen LogP) is 1.66. The maximum atomic E-state index is 12.1. The van der Waals surface area contributed by atoms with Crippen molar-refractivity contribution in [2.75, 3.05) is 13.7 Å². The van der Waals surface area contributed by atoms with Crippen molar-refractivity contribution in [3.8, 4) is 11.4 Å². The lowest BCUT2D eigenvalue weighted by molar-refractivity contribution is 0.108. The van der Waals surface area contributed by atoms with E-state index in [1.807, 2.05) is 24.3 Å². The van der Waals surface area contributed by atoms with Crippen LogP contribution in [0.3, 0.4) is 0 Å².